The largest absolute Gasteiger partial charge is 0.374 e. The Labute approximate surface area is 144 Å². The van der Waals surface area contributed by atoms with Gasteiger partial charge in [-0.1, -0.05) is 30.3 Å². The second-order valence-corrected chi connectivity index (χ2v) is 5.05. The third kappa shape index (κ3) is 7.42. The molecule has 126 valence electrons. The fourth-order valence-electron chi connectivity index (χ4n) is 2.34. The van der Waals surface area contributed by atoms with E-state index in [-0.39, 0.29) is 36.8 Å². The molecule has 0 bridgehead atoms. The van der Waals surface area contributed by atoms with Crippen LogP contribution in [-0.4, -0.2) is 56.7 Å². The van der Waals surface area contributed by atoms with E-state index in [2.05, 4.69) is 39.8 Å². The van der Waals surface area contributed by atoms with Crippen molar-refractivity contribution >= 4 is 30.7 Å². The van der Waals surface area contributed by atoms with E-state index < -0.39 is 0 Å². The van der Waals surface area contributed by atoms with Gasteiger partial charge in [0.15, 0.2) is 0 Å². The number of ether oxygens (including phenoxy) is 1. The molecular formula is C15H25Cl2N3O2. The smallest absolute Gasteiger partial charge is 0.234 e. The topological polar surface area (TPSA) is 53.6 Å². The predicted octanol–water partition coefficient (Wildman–Crippen LogP) is 1.07. The molecule has 1 atom stereocenters. The molecule has 1 heterocycles. The third-order valence-corrected chi connectivity index (χ3v) is 3.34. The lowest BCUT2D eigenvalue weighted by Gasteiger charge is -2.33. The molecule has 0 aromatic heterocycles. The molecule has 0 radical (unpaired) electrons. The number of nitrogens with one attached hydrogen (secondary N) is 2. The summed E-state index contributed by atoms with van der Waals surface area (Å²) in [7, 11) is 1.76. The average Bonchev–Trinajstić information content (AvgIpc) is 2.47. The van der Waals surface area contributed by atoms with Crippen LogP contribution in [0.4, 0.5) is 0 Å². The third-order valence-electron chi connectivity index (χ3n) is 3.34. The van der Waals surface area contributed by atoms with Crippen molar-refractivity contribution in [1.29, 1.82) is 0 Å². The minimum Gasteiger partial charge on any atom is -0.374 e. The molecule has 0 aliphatic carbocycles. The van der Waals surface area contributed by atoms with Crippen LogP contribution in [0.5, 0.6) is 0 Å². The van der Waals surface area contributed by atoms with Crippen molar-refractivity contribution in [3.8, 4) is 0 Å². The van der Waals surface area contributed by atoms with E-state index in [0.29, 0.717) is 13.1 Å². The number of amides is 1. The fraction of sp³-hybridized carbons (Fsp3) is 0.533. The van der Waals surface area contributed by atoms with Gasteiger partial charge >= 0.3 is 0 Å². The van der Waals surface area contributed by atoms with E-state index in [0.717, 1.165) is 26.2 Å². The number of halogens is 2. The van der Waals surface area contributed by atoms with Gasteiger partial charge in [0.05, 0.1) is 19.3 Å². The number of carbonyl (C=O) groups excluding carboxylic acids is 1. The molecule has 1 aliphatic rings. The van der Waals surface area contributed by atoms with Gasteiger partial charge in [-0.05, 0) is 12.6 Å². The second kappa shape index (κ2) is 11.7. The minimum absolute atomic E-state index is 0. The van der Waals surface area contributed by atoms with Crippen LogP contribution in [-0.2, 0) is 16.1 Å². The Morgan fingerprint density at radius 1 is 1.32 bits per heavy atom. The highest BCUT2D eigenvalue weighted by molar-refractivity contribution is 5.85. The number of rotatable bonds is 6. The summed E-state index contributed by atoms with van der Waals surface area (Å²) in [4.78, 5) is 13.8. The molecule has 1 amide bonds. The Bertz CT molecular complexity index is 421. The lowest BCUT2D eigenvalue weighted by Crippen LogP contribution is -2.48. The van der Waals surface area contributed by atoms with Crippen molar-refractivity contribution in [3.63, 3.8) is 0 Å². The highest BCUT2D eigenvalue weighted by Crippen LogP contribution is 2.09. The number of likely N-dealkylation sites (N-methyl/N-ethyl adjacent to an activating group) is 1. The van der Waals surface area contributed by atoms with Gasteiger partial charge in [0.1, 0.15) is 0 Å². The van der Waals surface area contributed by atoms with Crippen molar-refractivity contribution in [3.05, 3.63) is 35.9 Å². The van der Waals surface area contributed by atoms with Crippen LogP contribution < -0.4 is 10.6 Å². The van der Waals surface area contributed by atoms with Gasteiger partial charge < -0.3 is 15.4 Å². The fourth-order valence-corrected chi connectivity index (χ4v) is 2.34. The summed E-state index contributed by atoms with van der Waals surface area (Å²) in [6.07, 6.45) is 0.0771. The normalized spacial score (nSPS) is 18.0. The summed E-state index contributed by atoms with van der Waals surface area (Å²) in [6, 6.07) is 10.4. The van der Waals surface area contributed by atoms with Crippen LogP contribution in [0.15, 0.2) is 30.3 Å². The molecule has 1 unspecified atom stereocenters. The molecule has 1 aromatic rings. The summed E-state index contributed by atoms with van der Waals surface area (Å²) in [5.74, 6) is 0.0104. The molecule has 1 saturated heterocycles. The van der Waals surface area contributed by atoms with Gasteiger partial charge in [-0.15, -0.1) is 24.8 Å². The SMILES string of the molecule is CNCC(=O)NCC1CN(Cc2ccccc2)CCO1.Cl.Cl. The quantitative estimate of drug-likeness (QED) is 0.806. The molecule has 22 heavy (non-hydrogen) atoms. The van der Waals surface area contributed by atoms with Crippen LogP contribution in [0, 0.1) is 0 Å². The molecule has 0 saturated carbocycles. The first-order valence-corrected chi connectivity index (χ1v) is 7.07. The maximum absolute atomic E-state index is 11.4. The van der Waals surface area contributed by atoms with Crippen LogP contribution in [0.1, 0.15) is 5.56 Å². The van der Waals surface area contributed by atoms with E-state index in [1.165, 1.54) is 5.56 Å². The second-order valence-electron chi connectivity index (χ2n) is 5.05. The van der Waals surface area contributed by atoms with Gasteiger partial charge in [-0.25, -0.2) is 0 Å². The Morgan fingerprint density at radius 2 is 2.05 bits per heavy atom. The maximum atomic E-state index is 11.4. The standard InChI is InChI=1S/C15H23N3O2.2ClH/c1-16-10-15(19)17-9-14-12-18(7-8-20-14)11-13-5-3-2-4-6-13;;/h2-6,14,16H,7-12H2,1H3,(H,17,19);2*1H. The number of carbonyl (C=O) groups is 1. The van der Waals surface area contributed by atoms with Crippen LogP contribution in [0.2, 0.25) is 0 Å². The van der Waals surface area contributed by atoms with Crippen molar-refractivity contribution in [1.82, 2.24) is 15.5 Å². The van der Waals surface area contributed by atoms with E-state index in [4.69, 9.17) is 4.74 Å². The van der Waals surface area contributed by atoms with Gasteiger partial charge in [0.2, 0.25) is 5.91 Å². The number of hydrogen-bond acceptors (Lipinski definition) is 4. The van der Waals surface area contributed by atoms with Gasteiger partial charge in [-0.2, -0.15) is 0 Å². The van der Waals surface area contributed by atoms with Gasteiger partial charge in [0.25, 0.3) is 0 Å². The molecule has 2 rings (SSSR count). The first-order valence-electron chi connectivity index (χ1n) is 7.07. The first kappa shape index (κ1) is 21.1. The molecule has 1 aromatic carbocycles. The van der Waals surface area contributed by atoms with Crippen molar-refractivity contribution < 1.29 is 9.53 Å². The lowest BCUT2D eigenvalue weighted by atomic mass is 10.2. The Balaban J connectivity index is 0.00000220. The maximum Gasteiger partial charge on any atom is 0.234 e. The van der Waals surface area contributed by atoms with Crippen molar-refractivity contribution in [2.24, 2.45) is 0 Å². The van der Waals surface area contributed by atoms with Gasteiger partial charge in [0, 0.05) is 26.2 Å². The Kier molecular flexibility index (Phi) is 11.2. The highest BCUT2D eigenvalue weighted by atomic mass is 35.5. The summed E-state index contributed by atoms with van der Waals surface area (Å²) in [5, 5.41) is 5.72. The van der Waals surface area contributed by atoms with E-state index in [9.17, 15) is 4.79 Å². The molecular weight excluding hydrogens is 325 g/mol. The van der Waals surface area contributed by atoms with E-state index >= 15 is 0 Å². The molecule has 1 aliphatic heterocycles. The number of benzene rings is 1. The number of morpholine rings is 1. The summed E-state index contributed by atoms with van der Waals surface area (Å²) in [5.41, 5.74) is 1.31. The average molecular weight is 350 g/mol. The van der Waals surface area contributed by atoms with Gasteiger partial charge in [-0.3, -0.25) is 9.69 Å². The van der Waals surface area contributed by atoms with Crippen LogP contribution >= 0.6 is 24.8 Å². The number of nitrogens with zero attached hydrogens (tertiary/aromatic N) is 1. The molecule has 1 fully saturated rings. The van der Waals surface area contributed by atoms with Crippen molar-refractivity contribution in [2.75, 3.05) is 39.8 Å². The molecule has 5 nitrogen and oxygen atoms in total. The Morgan fingerprint density at radius 3 is 2.73 bits per heavy atom. The zero-order chi connectivity index (χ0) is 14.2. The Hall–Kier alpha value is -0.850. The summed E-state index contributed by atoms with van der Waals surface area (Å²) >= 11 is 0. The minimum atomic E-state index is 0. The zero-order valence-electron chi connectivity index (χ0n) is 12.8. The highest BCUT2D eigenvalue weighted by Gasteiger charge is 2.20. The van der Waals surface area contributed by atoms with E-state index in [1.54, 1.807) is 7.05 Å². The van der Waals surface area contributed by atoms with E-state index in [1.807, 2.05) is 6.07 Å². The molecule has 0 spiro atoms. The van der Waals surface area contributed by atoms with Crippen LogP contribution in [0.3, 0.4) is 0 Å². The monoisotopic (exact) mass is 349 g/mol. The zero-order valence-corrected chi connectivity index (χ0v) is 14.4. The molecule has 2 N–H and O–H groups in total. The van der Waals surface area contributed by atoms with Crippen LogP contribution in [0.25, 0.3) is 0 Å². The summed E-state index contributed by atoms with van der Waals surface area (Å²) in [6.45, 7) is 4.38. The summed E-state index contributed by atoms with van der Waals surface area (Å²) < 4.78 is 5.70. The lowest BCUT2D eigenvalue weighted by molar-refractivity contribution is -0.121. The van der Waals surface area contributed by atoms with Crippen molar-refractivity contribution in [2.45, 2.75) is 12.6 Å². The molecule has 7 heteroatoms. The number of hydrogen-bond donors (Lipinski definition) is 2. The predicted molar refractivity (Wildman–Crippen MR) is 92.9 cm³/mol. The first-order chi connectivity index (χ1) is 9.78.